The van der Waals surface area contributed by atoms with Crippen LogP contribution in [0.15, 0.2) is 40.4 Å². The summed E-state index contributed by atoms with van der Waals surface area (Å²) in [6.45, 7) is 4.61. The maximum Gasteiger partial charge on any atom is 0.204 e. The largest absolute Gasteiger partial charge is 0.490 e. The summed E-state index contributed by atoms with van der Waals surface area (Å²) in [5.41, 5.74) is 1.88. The number of aromatic nitrogens is 4. The molecule has 2 N–H and O–H groups in total. The Kier molecular flexibility index (Phi) is 7.12. The number of carbonyl (C=O) groups excluding carboxylic acids is 1. The summed E-state index contributed by atoms with van der Waals surface area (Å²) in [5, 5.41) is 10.9. The van der Waals surface area contributed by atoms with Crippen molar-refractivity contribution >= 4 is 35.0 Å². The molecule has 0 spiro atoms. The second kappa shape index (κ2) is 10.2. The Balaban J connectivity index is 1.67. The second-order valence-corrected chi connectivity index (χ2v) is 9.10. The van der Waals surface area contributed by atoms with Gasteiger partial charge in [-0.3, -0.25) is 9.89 Å². The molecule has 2 aromatic heterocycles. The van der Waals surface area contributed by atoms with Crippen molar-refractivity contribution in [3.05, 3.63) is 41.6 Å². The van der Waals surface area contributed by atoms with Crippen LogP contribution in [0.2, 0.25) is 0 Å². The first-order valence-corrected chi connectivity index (χ1v) is 11.6. The fourth-order valence-electron chi connectivity index (χ4n) is 3.68. The molecule has 3 aromatic rings. The van der Waals surface area contributed by atoms with Gasteiger partial charge in [0, 0.05) is 36.2 Å². The number of methoxy groups -OCH3 is 1. The maximum absolute atomic E-state index is 13.8. The van der Waals surface area contributed by atoms with Crippen molar-refractivity contribution in [3.63, 3.8) is 0 Å². The molecule has 0 unspecified atom stereocenters. The first-order chi connectivity index (χ1) is 15.9. The van der Waals surface area contributed by atoms with Gasteiger partial charge in [0.15, 0.2) is 22.6 Å². The van der Waals surface area contributed by atoms with E-state index < -0.39 is 6.17 Å². The second-order valence-electron chi connectivity index (χ2n) is 8.06. The normalized spacial score (nSPS) is 14.4. The Hall–Kier alpha value is -3.14. The van der Waals surface area contributed by atoms with Crippen molar-refractivity contribution in [2.45, 2.75) is 49.3 Å². The van der Waals surface area contributed by atoms with Crippen molar-refractivity contribution in [1.29, 1.82) is 0 Å². The highest BCUT2D eigenvalue weighted by Crippen LogP contribution is 2.39. The molecular weight excluding hydrogens is 443 g/mol. The summed E-state index contributed by atoms with van der Waals surface area (Å²) in [6, 6.07) is 9.65. The van der Waals surface area contributed by atoms with Crippen LogP contribution >= 0.6 is 11.8 Å². The van der Waals surface area contributed by atoms with Crippen LogP contribution < -0.4 is 15.0 Å². The average Bonchev–Trinajstić information content (AvgIpc) is 3.19. The van der Waals surface area contributed by atoms with Gasteiger partial charge in [0.25, 0.3) is 0 Å². The molecule has 1 aliphatic heterocycles. The molecule has 10 heteroatoms. The van der Waals surface area contributed by atoms with Gasteiger partial charge in [0.05, 0.1) is 7.11 Å². The van der Waals surface area contributed by atoms with E-state index in [9.17, 15) is 9.18 Å². The summed E-state index contributed by atoms with van der Waals surface area (Å²) in [6.07, 6.45) is 0.528. The van der Waals surface area contributed by atoms with Gasteiger partial charge in [-0.1, -0.05) is 12.1 Å². The van der Waals surface area contributed by atoms with Crippen molar-refractivity contribution in [1.82, 2.24) is 20.2 Å². The number of ketones is 1. The van der Waals surface area contributed by atoms with Gasteiger partial charge in [0.1, 0.15) is 12.0 Å². The molecule has 0 atom stereocenters. The van der Waals surface area contributed by atoms with Gasteiger partial charge < -0.3 is 15.0 Å². The molecule has 0 bridgehead atoms. The lowest BCUT2D eigenvalue weighted by molar-refractivity contribution is -0.116. The third kappa shape index (κ3) is 5.81. The Morgan fingerprint density at radius 1 is 1.27 bits per heavy atom. The summed E-state index contributed by atoms with van der Waals surface area (Å²) < 4.78 is 19.5. The fourth-order valence-corrected chi connectivity index (χ4v) is 4.43. The number of halogens is 1. The predicted molar refractivity (Wildman–Crippen MR) is 126 cm³/mol. The highest BCUT2D eigenvalue weighted by Gasteiger charge is 2.26. The highest BCUT2D eigenvalue weighted by molar-refractivity contribution is 7.99. The molecule has 4 rings (SSSR count). The first kappa shape index (κ1) is 23.0. The van der Waals surface area contributed by atoms with Gasteiger partial charge in [-0.15, -0.1) is 0 Å². The van der Waals surface area contributed by atoms with Crippen LogP contribution in [0.1, 0.15) is 31.0 Å². The van der Waals surface area contributed by atoms with E-state index >= 15 is 0 Å². The van der Waals surface area contributed by atoms with Crippen molar-refractivity contribution < 1.29 is 13.9 Å². The Labute approximate surface area is 196 Å². The Morgan fingerprint density at radius 2 is 2.00 bits per heavy atom. The lowest BCUT2D eigenvalue weighted by Gasteiger charge is -2.31. The molecule has 1 aromatic carbocycles. The quantitative estimate of drug-likeness (QED) is 0.465. The number of Topliss-reactive ketones (excluding diaryl/α,β-unsaturated/α-hetero) is 1. The topological polar surface area (TPSA) is 96.0 Å². The van der Waals surface area contributed by atoms with Crippen LogP contribution in [0.5, 0.6) is 5.75 Å². The summed E-state index contributed by atoms with van der Waals surface area (Å²) in [7, 11) is 1.58. The number of alkyl halides is 1. The van der Waals surface area contributed by atoms with Crippen molar-refractivity contribution in [2.24, 2.45) is 0 Å². The monoisotopic (exact) mass is 470 g/mol. The molecule has 8 nitrogen and oxygen atoms in total. The number of hydrogen-bond acceptors (Lipinski definition) is 8. The first-order valence-electron chi connectivity index (χ1n) is 10.8. The van der Waals surface area contributed by atoms with Gasteiger partial charge in [-0.05, 0) is 56.1 Å². The summed E-state index contributed by atoms with van der Waals surface area (Å²) in [5.74, 6) is 2.36. The van der Waals surface area contributed by atoms with Crippen LogP contribution in [-0.2, 0) is 11.2 Å². The number of nitrogens with zero attached hydrogens (tertiary/aromatic N) is 4. The van der Waals surface area contributed by atoms with Crippen LogP contribution in [0, 0.1) is 6.92 Å². The number of benzene rings is 1. The number of nitrogens with one attached hydrogen (secondary N) is 2. The van der Waals surface area contributed by atoms with Crippen LogP contribution in [0.3, 0.4) is 0 Å². The van der Waals surface area contributed by atoms with E-state index in [1.165, 1.54) is 11.8 Å². The molecule has 0 aliphatic carbocycles. The molecule has 1 saturated heterocycles. The van der Waals surface area contributed by atoms with Crippen LogP contribution in [0.25, 0.3) is 0 Å². The number of anilines is 3. The lowest BCUT2D eigenvalue weighted by atomic mass is 10.1. The molecular formula is C23H27FN6O2S. The number of aryl methyl sites for hydroxylation is 1. The molecule has 0 radical (unpaired) electrons. The van der Waals surface area contributed by atoms with Gasteiger partial charge >= 0.3 is 0 Å². The SMILES string of the molecule is COc1c(Nc2cc(C)[nH]n2)nc(Sc2ccc(CC(C)=O)cc2)nc1N1CCC(F)CC1. The zero-order chi connectivity index (χ0) is 23.4. The fraction of sp³-hybridized carbons (Fsp3) is 0.391. The molecule has 0 saturated carbocycles. The van der Waals surface area contributed by atoms with Crippen LogP contribution in [0.4, 0.5) is 21.8 Å². The van der Waals surface area contributed by atoms with Gasteiger partial charge in [-0.25, -0.2) is 14.4 Å². The molecule has 174 valence electrons. The summed E-state index contributed by atoms with van der Waals surface area (Å²) in [4.78, 5) is 23.8. The van der Waals surface area contributed by atoms with Gasteiger partial charge in [-0.2, -0.15) is 5.10 Å². The predicted octanol–water partition coefficient (Wildman–Crippen LogP) is 4.48. The average molecular weight is 471 g/mol. The lowest BCUT2D eigenvalue weighted by Crippen LogP contribution is -2.35. The molecule has 0 amide bonds. The van der Waals surface area contributed by atoms with E-state index in [4.69, 9.17) is 14.7 Å². The number of aromatic amines is 1. The maximum atomic E-state index is 13.8. The van der Waals surface area contributed by atoms with E-state index in [0.29, 0.717) is 60.7 Å². The van der Waals surface area contributed by atoms with E-state index in [0.717, 1.165) is 16.2 Å². The number of piperidine rings is 1. The minimum atomic E-state index is -0.791. The van der Waals surface area contributed by atoms with E-state index in [-0.39, 0.29) is 5.78 Å². The third-order valence-electron chi connectivity index (χ3n) is 5.29. The molecule has 1 aliphatic rings. The van der Waals surface area contributed by atoms with E-state index in [2.05, 4.69) is 15.5 Å². The zero-order valence-corrected chi connectivity index (χ0v) is 19.7. The minimum Gasteiger partial charge on any atom is -0.490 e. The minimum absolute atomic E-state index is 0.125. The number of ether oxygens (including phenoxy) is 1. The van der Waals surface area contributed by atoms with E-state index in [1.54, 1.807) is 14.0 Å². The number of hydrogen-bond donors (Lipinski definition) is 2. The number of carbonyl (C=O) groups is 1. The number of rotatable bonds is 8. The highest BCUT2D eigenvalue weighted by atomic mass is 32.2. The third-order valence-corrected chi connectivity index (χ3v) is 6.17. The molecule has 3 heterocycles. The smallest absolute Gasteiger partial charge is 0.204 e. The van der Waals surface area contributed by atoms with E-state index in [1.807, 2.05) is 42.2 Å². The zero-order valence-electron chi connectivity index (χ0n) is 18.9. The molecule has 1 fully saturated rings. The van der Waals surface area contributed by atoms with Crippen molar-refractivity contribution in [2.75, 3.05) is 30.4 Å². The van der Waals surface area contributed by atoms with Crippen molar-refractivity contribution in [3.8, 4) is 5.75 Å². The standard InChI is InChI=1S/C23H27FN6O2S/c1-14-12-19(29-28-14)25-21-20(32-3)22(30-10-8-17(24)9-11-30)27-23(26-21)33-18-6-4-16(5-7-18)13-15(2)31/h4-7,12,17H,8-11,13H2,1-3H3,(H2,25,26,27,28,29). The van der Waals surface area contributed by atoms with Gasteiger partial charge in [0.2, 0.25) is 5.75 Å². The van der Waals surface area contributed by atoms with Crippen LogP contribution in [-0.4, -0.2) is 52.3 Å². The Bertz CT molecular complexity index is 1110. The Morgan fingerprint density at radius 3 is 2.61 bits per heavy atom. The molecule has 33 heavy (non-hydrogen) atoms. The summed E-state index contributed by atoms with van der Waals surface area (Å²) >= 11 is 1.41. The number of H-pyrrole nitrogens is 1.